The van der Waals surface area contributed by atoms with Crippen LogP contribution in [0.4, 0.5) is 11.6 Å². The largest absolute Gasteiger partial charge is 0.495 e. The summed E-state index contributed by atoms with van der Waals surface area (Å²) >= 11 is 0. The zero-order valence-electron chi connectivity index (χ0n) is 18.4. The highest BCUT2D eigenvalue weighted by atomic mass is 16.5. The summed E-state index contributed by atoms with van der Waals surface area (Å²) in [4.78, 5) is 21.0. The number of methoxy groups -OCH3 is 1. The molecule has 4 aromatic rings. The van der Waals surface area contributed by atoms with Gasteiger partial charge in [0.25, 0.3) is 0 Å². The van der Waals surface area contributed by atoms with Gasteiger partial charge in [-0.2, -0.15) is 0 Å². The van der Waals surface area contributed by atoms with E-state index in [1.165, 1.54) is 16.8 Å². The maximum absolute atomic E-state index is 12.2. The predicted molar refractivity (Wildman–Crippen MR) is 107 cm³/mol. The van der Waals surface area contributed by atoms with E-state index in [2.05, 4.69) is 35.9 Å². The number of carbonyl (C=O) groups is 1. The topological polar surface area (TPSA) is 119 Å². The molecule has 0 radical (unpaired) electrons. The van der Waals surface area contributed by atoms with Crippen molar-refractivity contribution >= 4 is 34.1 Å². The number of pyridine rings is 2. The minimum atomic E-state index is -2.57. The highest BCUT2D eigenvalue weighted by molar-refractivity contribution is 6.01. The van der Waals surface area contributed by atoms with Crippen molar-refractivity contribution in [1.82, 2.24) is 29.8 Å². The Bertz CT molecular complexity index is 1350. The lowest BCUT2D eigenvalue weighted by molar-refractivity contribution is -0.117. The Morgan fingerprint density at radius 1 is 1.34 bits per heavy atom. The maximum Gasteiger partial charge on any atom is 0.228 e. The van der Waals surface area contributed by atoms with Gasteiger partial charge in [-0.05, 0) is 31.0 Å². The summed E-state index contributed by atoms with van der Waals surface area (Å²) in [6.45, 7) is 0. The molecular formula is C19H18N8O2. The molecule has 10 heteroatoms. The van der Waals surface area contributed by atoms with Gasteiger partial charge < -0.3 is 15.4 Å². The first-order chi connectivity index (χ1) is 15.3. The van der Waals surface area contributed by atoms with E-state index in [4.69, 9.17) is 8.85 Å². The van der Waals surface area contributed by atoms with Crippen LogP contribution in [-0.4, -0.2) is 49.8 Å². The normalized spacial score (nSPS) is 15.6. The second-order valence-electron chi connectivity index (χ2n) is 6.73. The van der Waals surface area contributed by atoms with Crippen LogP contribution in [0.1, 0.15) is 17.0 Å². The molecule has 1 fully saturated rings. The number of amides is 1. The Labute approximate surface area is 169 Å². The summed E-state index contributed by atoms with van der Waals surface area (Å²) in [6, 6.07) is 4.84. The molecule has 0 aliphatic heterocycles. The van der Waals surface area contributed by atoms with Gasteiger partial charge in [0.15, 0.2) is 23.1 Å². The molecule has 1 aliphatic rings. The Morgan fingerprint density at radius 3 is 3.03 bits per heavy atom. The van der Waals surface area contributed by atoms with Gasteiger partial charge in [0.05, 0.1) is 17.3 Å². The van der Waals surface area contributed by atoms with E-state index in [0.717, 1.165) is 12.8 Å². The first-order valence-corrected chi connectivity index (χ1v) is 9.01. The highest BCUT2D eigenvalue weighted by Crippen LogP contribution is 2.32. The van der Waals surface area contributed by atoms with Gasteiger partial charge in [-0.25, -0.2) is 14.5 Å². The van der Waals surface area contributed by atoms with Crippen molar-refractivity contribution in [3.05, 3.63) is 30.6 Å². The van der Waals surface area contributed by atoms with Crippen molar-refractivity contribution in [3.63, 3.8) is 0 Å². The number of hydrogen-bond acceptors (Lipinski definition) is 8. The first kappa shape index (κ1) is 14.2. The number of anilines is 2. The van der Waals surface area contributed by atoms with Crippen molar-refractivity contribution in [2.75, 3.05) is 24.7 Å². The predicted octanol–water partition coefficient (Wildman–Crippen LogP) is 2.13. The number of nitrogens with one attached hydrogen (secondary N) is 2. The van der Waals surface area contributed by atoms with E-state index in [1.54, 1.807) is 25.4 Å². The van der Waals surface area contributed by atoms with Gasteiger partial charge in [-0.3, -0.25) is 4.79 Å². The SMILES string of the molecule is [2H]C([2H])([2H])Oc1ccc2nc(-c3cnc(NC)c4nnc(NC(=O)C5CC5)cc34)nn2c1. The van der Waals surface area contributed by atoms with Gasteiger partial charge in [-0.15, -0.1) is 15.3 Å². The van der Waals surface area contributed by atoms with E-state index in [-0.39, 0.29) is 17.6 Å². The fraction of sp³-hybridized carbons (Fsp3) is 0.263. The summed E-state index contributed by atoms with van der Waals surface area (Å²) in [5, 5.41) is 19.2. The fourth-order valence-corrected chi connectivity index (χ4v) is 3.07. The molecule has 0 bridgehead atoms. The zero-order valence-corrected chi connectivity index (χ0v) is 15.4. The lowest BCUT2D eigenvalue weighted by atomic mass is 10.1. The number of fused-ring (bicyclic) bond motifs is 2. The van der Waals surface area contributed by atoms with Gasteiger partial charge in [-0.1, -0.05) is 0 Å². The molecule has 10 nitrogen and oxygen atoms in total. The summed E-state index contributed by atoms with van der Waals surface area (Å²) in [5.74, 6) is 1.30. The van der Waals surface area contributed by atoms with Crippen LogP contribution >= 0.6 is 0 Å². The minimum absolute atomic E-state index is 0.0312. The molecule has 1 aliphatic carbocycles. The first-order valence-electron chi connectivity index (χ1n) is 10.5. The lowest BCUT2D eigenvalue weighted by Gasteiger charge is -2.09. The fourth-order valence-electron chi connectivity index (χ4n) is 3.07. The van der Waals surface area contributed by atoms with Crippen molar-refractivity contribution in [1.29, 1.82) is 0 Å². The molecule has 1 amide bonds. The maximum atomic E-state index is 12.2. The molecule has 0 saturated heterocycles. The molecule has 4 heterocycles. The standard InChI is InChI=1S/C19H18N8O2/c1-20-18-16-12(7-14(24-25-16)22-19(28)10-3-4-10)13(8-21-18)17-23-15-6-5-11(29-2)9-27(15)26-17/h5-10H,3-4H2,1-2H3,(H,20,21)(H,22,24,28)/i2D3. The van der Waals surface area contributed by atoms with E-state index in [0.29, 0.717) is 39.6 Å². The molecule has 29 heavy (non-hydrogen) atoms. The molecule has 146 valence electrons. The second kappa shape index (κ2) is 6.66. The van der Waals surface area contributed by atoms with Gasteiger partial charge in [0.2, 0.25) is 5.91 Å². The Balaban J connectivity index is 1.58. The third-order valence-electron chi connectivity index (χ3n) is 4.73. The molecule has 0 aromatic carbocycles. The molecule has 0 spiro atoms. The van der Waals surface area contributed by atoms with Gasteiger partial charge >= 0.3 is 0 Å². The molecule has 5 rings (SSSR count). The Kier molecular flexibility index (Phi) is 3.26. The van der Waals surface area contributed by atoms with Crippen molar-refractivity contribution in [3.8, 4) is 17.1 Å². The van der Waals surface area contributed by atoms with Crippen LogP contribution in [0.15, 0.2) is 30.6 Å². The summed E-state index contributed by atoms with van der Waals surface area (Å²) in [6.07, 6.45) is 4.81. The number of ether oxygens (including phenoxy) is 1. The Morgan fingerprint density at radius 2 is 2.24 bits per heavy atom. The van der Waals surface area contributed by atoms with E-state index in [9.17, 15) is 4.79 Å². The van der Waals surface area contributed by atoms with E-state index < -0.39 is 7.04 Å². The van der Waals surface area contributed by atoms with Crippen LogP contribution in [0, 0.1) is 5.92 Å². The number of rotatable bonds is 5. The number of aromatic nitrogens is 6. The zero-order chi connectivity index (χ0) is 22.5. The van der Waals surface area contributed by atoms with Crippen LogP contribution in [0.2, 0.25) is 0 Å². The van der Waals surface area contributed by atoms with Gasteiger partial charge in [0, 0.05) is 30.1 Å². The Hall–Kier alpha value is -3.82. The number of nitrogens with zero attached hydrogens (tertiary/aromatic N) is 6. The van der Waals surface area contributed by atoms with E-state index in [1.807, 2.05) is 0 Å². The minimum Gasteiger partial charge on any atom is -0.495 e. The van der Waals surface area contributed by atoms with Crippen molar-refractivity contribution in [2.24, 2.45) is 5.92 Å². The lowest BCUT2D eigenvalue weighted by Crippen LogP contribution is -2.15. The van der Waals surface area contributed by atoms with E-state index >= 15 is 0 Å². The average molecular weight is 393 g/mol. The molecular weight excluding hydrogens is 372 g/mol. The average Bonchev–Trinajstić information content (AvgIpc) is 3.51. The summed E-state index contributed by atoms with van der Waals surface area (Å²) < 4.78 is 28.1. The third-order valence-corrected chi connectivity index (χ3v) is 4.73. The molecule has 4 aromatic heterocycles. The third kappa shape index (κ3) is 3.08. The summed E-state index contributed by atoms with van der Waals surface area (Å²) in [7, 11) is -0.846. The monoisotopic (exact) mass is 393 g/mol. The second-order valence-corrected chi connectivity index (χ2v) is 6.73. The quantitative estimate of drug-likeness (QED) is 0.529. The highest BCUT2D eigenvalue weighted by Gasteiger charge is 2.30. The van der Waals surface area contributed by atoms with Crippen LogP contribution in [0.3, 0.4) is 0 Å². The molecule has 0 unspecified atom stereocenters. The summed E-state index contributed by atoms with van der Waals surface area (Å²) in [5.41, 5.74) is 1.57. The van der Waals surface area contributed by atoms with Crippen molar-refractivity contribution < 1.29 is 13.6 Å². The number of hydrogen-bond donors (Lipinski definition) is 2. The van der Waals surface area contributed by atoms with Crippen LogP contribution in [0.5, 0.6) is 5.75 Å². The molecule has 2 N–H and O–H groups in total. The smallest absolute Gasteiger partial charge is 0.228 e. The molecule has 1 saturated carbocycles. The van der Waals surface area contributed by atoms with Crippen molar-refractivity contribution in [2.45, 2.75) is 12.8 Å². The van der Waals surface area contributed by atoms with Crippen LogP contribution < -0.4 is 15.4 Å². The van der Waals surface area contributed by atoms with Crippen LogP contribution in [0.25, 0.3) is 27.9 Å². The molecule has 0 atom stereocenters. The number of carbonyl (C=O) groups excluding carboxylic acids is 1. The van der Waals surface area contributed by atoms with Crippen LogP contribution in [-0.2, 0) is 4.79 Å². The van der Waals surface area contributed by atoms with Gasteiger partial charge in [0.1, 0.15) is 11.3 Å².